The molecule has 3 heteroatoms. The summed E-state index contributed by atoms with van der Waals surface area (Å²) in [5, 5.41) is 0.508. The summed E-state index contributed by atoms with van der Waals surface area (Å²) in [6.07, 6.45) is 1.38. The van der Waals surface area contributed by atoms with Crippen molar-refractivity contribution in [1.82, 2.24) is 4.90 Å². The van der Waals surface area contributed by atoms with Gasteiger partial charge in [0.25, 0.3) is 0 Å². The van der Waals surface area contributed by atoms with Crippen molar-refractivity contribution < 1.29 is 4.79 Å². The van der Waals surface area contributed by atoms with Crippen LogP contribution in [0, 0.1) is 0 Å². The smallest absolute Gasteiger partial charge is 0.247 e. The van der Waals surface area contributed by atoms with Crippen molar-refractivity contribution >= 4 is 17.5 Å². The van der Waals surface area contributed by atoms with E-state index >= 15 is 0 Å². The van der Waals surface area contributed by atoms with E-state index in [1.54, 1.807) is 21.0 Å². The molecule has 0 rings (SSSR count). The number of carbonyl (C=O) groups is 1. The number of halogens is 1. The van der Waals surface area contributed by atoms with Crippen molar-refractivity contribution in [1.29, 1.82) is 0 Å². The summed E-state index contributed by atoms with van der Waals surface area (Å²) in [5.74, 6) is -0.0810. The third-order valence-electron chi connectivity index (χ3n) is 0.763. The van der Waals surface area contributed by atoms with Gasteiger partial charge in [0.1, 0.15) is 0 Å². The number of likely N-dealkylation sites (N-methyl/N-ethyl adjacent to an activating group) is 1. The van der Waals surface area contributed by atoms with Crippen LogP contribution in [0.15, 0.2) is 11.1 Å². The Kier molecular flexibility index (Phi) is 3.32. The van der Waals surface area contributed by atoms with E-state index in [0.717, 1.165) is 0 Å². The molecule has 0 saturated carbocycles. The van der Waals surface area contributed by atoms with Gasteiger partial charge in [-0.25, -0.2) is 0 Å². The maximum absolute atomic E-state index is 10.7. The van der Waals surface area contributed by atoms with Crippen LogP contribution in [0.25, 0.3) is 0 Å². The lowest BCUT2D eigenvalue weighted by molar-refractivity contribution is -0.123. The first-order valence-electron chi connectivity index (χ1n) is 2.59. The quantitative estimate of drug-likeness (QED) is 0.511. The van der Waals surface area contributed by atoms with Gasteiger partial charge in [-0.05, 0) is 6.92 Å². The molecule has 0 bridgehead atoms. The molecule has 0 aromatic rings. The number of hydrogen-bond acceptors (Lipinski definition) is 1. The zero-order valence-corrected chi connectivity index (χ0v) is 6.57. The first kappa shape index (κ1) is 8.50. The standard InChI is InChI=1S/C6H10ClNO/c1-5(7)4-6(9)8(2)3/h4H,1-3H3/b5-4-. The molecule has 0 radical (unpaired) electrons. The Hall–Kier alpha value is -0.500. The second kappa shape index (κ2) is 3.51. The van der Waals surface area contributed by atoms with Crippen LogP contribution < -0.4 is 0 Å². The van der Waals surface area contributed by atoms with Gasteiger partial charge in [0.15, 0.2) is 0 Å². The molecular weight excluding hydrogens is 138 g/mol. The van der Waals surface area contributed by atoms with E-state index in [-0.39, 0.29) is 5.91 Å². The predicted octanol–water partition coefficient (Wildman–Crippen LogP) is 1.22. The molecule has 0 aliphatic rings. The highest BCUT2D eigenvalue weighted by Crippen LogP contribution is 1.97. The minimum absolute atomic E-state index is 0.0810. The van der Waals surface area contributed by atoms with Gasteiger partial charge in [0.2, 0.25) is 5.91 Å². The van der Waals surface area contributed by atoms with E-state index in [1.807, 2.05) is 0 Å². The molecule has 0 fully saturated rings. The van der Waals surface area contributed by atoms with Crippen molar-refractivity contribution in [2.24, 2.45) is 0 Å². The number of allylic oxidation sites excluding steroid dienone is 1. The molecule has 2 nitrogen and oxygen atoms in total. The summed E-state index contributed by atoms with van der Waals surface area (Å²) >= 11 is 5.43. The number of hydrogen-bond donors (Lipinski definition) is 0. The van der Waals surface area contributed by atoms with Gasteiger partial charge in [-0.1, -0.05) is 11.6 Å². The fourth-order valence-corrected chi connectivity index (χ4v) is 0.393. The van der Waals surface area contributed by atoms with Crippen LogP contribution >= 0.6 is 11.6 Å². The number of carbonyl (C=O) groups excluding carboxylic acids is 1. The zero-order chi connectivity index (χ0) is 7.44. The van der Waals surface area contributed by atoms with Crippen molar-refractivity contribution in [3.05, 3.63) is 11.1 Å². The highest BCUT2D eigenvalue weighted by Gasteiger charge is 1.96. The highest BCUT2D eigenvalue weighted by molar-refractivity contribution is 6.30. The van der Waals surface area contributed by atoms with Crippen molar-refractivity contribution in [3.8, 4) is 0 Å². The fourth-order valence-electron chi connectivity index (χ4n) is 0.299. The normalized spacial score (nSPS) is 11.3. The lowest BCUT2D eigenvalue weighted by Gasteiger charge is -2.04. The van der Waals surface area contributed by atoms with Gasteiger partial charge < -0.3 is 4.90 Å². The molecule has 0 aromatic carbocycles. The summed E-state index contributed by atoms with van der Waals surface area (Å²) in [7, 11) is 3.36. The van der Waals surface area contributed by atoms with Gasteiger partial charge in [-0.15, -0.1) is 0 Å². The fraction of sp³-hybridized carbons (Fsp3) is 0.500. The zero-order valence-electron chi connectivity index (χ0n) is 5.81. The minimum Gasteiger partial charge on any atom is -0.345 e. The van der Waals surface area contributed by atoms with E-state index in [9.17, 15) is 4.79 Å². The lowest BCUT2D eigenvalue weighted by atomic mass is 10.5. The molecule has 0 spiro atoms. The molecule has 0 unspecified atom stereocenters. The molecule has 1 amide bonds. The first-order valence-corrected chi connectivity index (χ1v) is 2.97. The van der Waals surface area contributed by atoms with E-state index in [4.69, 9.17) is 11.6 Å². The Morgan fingerprint density at radius 1 is 1.56 bits per heavy atom. The van der Waals surface area contributed by atoms with Crippen molar-refractivity contribution in [2.75, 3.05) is 14.1 Å². The predicted molar refractivity (Wildman–Crippen MR) is 38.3 cm³/mol. The molecular formula is C6H10ClNO. The molecule has 52 valence electrons. The Morgan fingerprint density at radius 3 is 2.11 bits per heavy atom. The third-order valence-corrected chi connectivity index (χ3v) is 0.872. The molecule has 0 aliphatic carbocycles. The van der Waals surface area contributed by atoms with E-state index < -0.39 is 0 Å². The molecule has 0 heterocycles. The molecule has 0 atom stereocenters. The maximum atomic E-state index is 10.7. The average molecular weight is 148 g/mol. The van der Waals surface area contributed by atoms with Crippen LogP contribution in [-0.4, -0.2) is 24.9 Å². The van der Waals surface area contributed by atoms with E-state index in [1.165, 1.54) is 11.0 Å². The number of nitrogens with zero attached hydrogens (tertiary/aromatic N) is 1. The van der Waals surface area contributed by atoms with Crippen molar-refractivity contribution in [2.45, 2.75) is 6.92 Å². The van der Waals surface area contributed by atoms with Crippen LogP contribution in [-0.2, 0) is 4.79 Å². The van der Waals surface area contributed by atoms with Gasteiger partial charge in [0, 0.05) is 25.2 Å². The van der Waals surface area contributed by atoms with Gasteiger partial charge in [-0.2, -0.15) is 0 Å². The second-order valence-electron chi connectivity index (χ2n) is 1.96. The van der Waals surface area contributed by atoms with Gasteiger partial charge in [-0.3, -0.25) is 4.79 Å². The highest BCUT2D eigenvalue weighted by atomic mass is 35.5. The average Bonchev–Trinajstić information content (AvgIpc) is 1.63. The maximum Gasteiger partial charge on any atom is 0.247 e. The van der Waals surface area contributed by atoms with Crippen LogP contribution in [0.1, 0.15) is 6.92 Å². The largest absolute Gasteiger partial charge is 0.345 e. The number of amides is 1. The monoisotopic (exact) mass is 147 g/mol. The second-order valence-corrected chi connectivity index (χ2v) is 2.56. The molecule has 0 N–H and O–H groups in total. The minimum atomic E-state index is -0.0810. The Bertz CT molecular complexity index is 136. The summed E-state index contributed by atoms with van der Waals surface area (Å²) in [6, 6.07) is 0. The Labute approximate surface area is 60.1 Å². The van der Waals surface area contributed by atoms with Crippen molar-refractivity contribution in [3.63, 3.8) is 0 Å². The first-order chi connectivity index (χ1) is 4.04. The summed E-state index contributed by atoms with van der Waals surface area (Å²) in [6.45, 7) is 1.67. The topological polar surface area (TPSA) is 20.3 Å². The van der Waals surface area contributed by atoms with Crippen LogP contribution in [0.3, 0.4) is 0 Å². The Balaban J connectivity index is 3.93. The molecule has 0 saturated heterocycles. The van der Waals surface area contributed by atoms with Crippen LogP contribution in [0.5, 0.6) is 0 Å². The van der Waals surface area contributed by atoms with Gasteiger partial charge >= 0.3 is 0 Å². The van der Waals surface area contributed by atoms with Crippen LogP contribution in [0.2, 0.25) is 0 Å². The van der Waals surface area contributed by atoms with E-state index in [2.05, 4.69) is 0 Å². The SMILES string of the molecule is C/C(Cl)=C/C(=O)N(C)C. The summed E-state index contributed by atoms with van der Waals surface area (Å²) in [4.78, 5) is 12.2. The lowest BCUT2D eigenvalue weighted by Crippen LogP contribution is -2.18. The molecule has 0 aromatic heterocycles. The summed E-state index contributed by atoms with van der Waals surface area (Å²) < 4.78 is 0. The summed E-state index contributed by atoms with van der Waals surface area (Å²) in [5.41, 5.74) is 0. The van der Waals surface area contributed by atoms with E-state index in [0.29, 0.717) is 5.03 Å². The van der Waals surface area contributed by atoms with Crippen LogP contribution in [0.4, 0.5) is 0 Å². The molecule has 0 aliphatic heterocycles. The Morgan fingerprint density at radius 2 is 2.00 bits per heavy atom. The molecule has 9 heavy (non-hydrogen) atoms. The number of rotatable bonds is 1. The van der Waals surface area contributed by atoms with Gasteiger partial charge in [0.05, 0.1) is 0 Å². The third kappa shape index (κ3) is 4.03.